The summed E-state index contributed by atoms with van der Waals surface area (Å²) in [5.41, 5.74) is 3.31. The Bertz CT molecular complexity index is 889. The smallest absolute Gasteiger partial charge is 0.241 e. The van der Waals surface area contributed by atoms with E-state index in [1.807, 2.05) is 41.3 Å². The molecule has 0 spiro atoms. The fourth-order valence-electron chi connectivity index (χ4n) is 4.33. The number of fused-ring (bicyclic) bond motifs is 2. The minimum absolute atomic E-state index is 0.00323. The van der Waals surface area contributed by atoms with Crippen LogP contribution in [0, 0.1) is 5.41 Å². The van der Waals surface area contributed by atoms with Gasteiger partial charge in [-0.25, -0.2) is 0 Å². The van der Waals surface area contributed by atoms with Crippen molar-refractivity contribution in [1.29, 1.82) is 0 Å². The lowest BCUT2D eigenvalue weighted by Crippen LogP contribution is -2.55. The number of benzene rings is 2. The van der Waals surface area contributed by atoms with Gasteiger partial charge in [0.2, 0.25) is 5.91 Å². The highest BCUT2D eigenvalue weighted by Crippen LogP contribution is 2.39. The Morgan fingerprint density at radius 2 is 1.97 bits per heavy atom. The van der Waals surface area contributed by atoms with Crippen molar-refractivity contribution in [3.05, 3.63) is 53.6 Å². The van der Waals surface area contributed by atoms with Gasteiger partial charge in [0, 0.05) is 18.7 Å². The van der Waals surface area contributed by atoms with E-state index in [0.717, 1.165) is 36.7 Å². The van der Waals surface area contributed by atoms with Crippen LogP contribution in [0.2, 0.25) is 0 Å². The Morgan fingerprint density at radius 1 is 1.17 bits per heavy atom. The zero-order valence-corrected chi connectivity index (χ0v) is 17.8. The zero-order chi connectivity index (χ0) is 20.6. The quantitative estimate of drug-likeness (QED) is 0.792. The first-order chi connectivity index (χ1) is 13.9. The maximum Gasteiger partial charge on any atom is 0.241 e. The third-order valence-corrected chi connectivity index (χ3v) is 5.99. The molecular formula is C24H30N2O3. The molecule has 0 aromatic heterocycles. The molecule has 4 rings (SSSR count). The molecule has 0 aliphatic carbocycles. The molecule has 0 saturated carbocycles. The van der Waals surface area contributed by atoms with Crippen LogP contribution in [0.5, 0.6) is 11.5 Å². The van der Waals surface area contributed by atoms with Gasteiger partial charge < -0.3 is 14.4 Å². The average Bonchev–Trinajstić information content (AvgIpc) is 2.71. The van der Waals surface area contributed by atoms with E-state index in [-0.39, 0.29) is 17.4 Å². The van der Waals surface area contributed by atoms with Crippen LogP contribution < -0.4 is 14.4 Å². The predicted molar refractivity (Wildman–Crippen MR) is 115 cm³/mol. The molecule has 0 fully saturated rings. The van der Waals surface area contributed by atoms with Crippen LogP contribution in [0.3, 0.4) is 0 Å². The number of hydrogen-bond acceptors (Lipinski definition) is 4. The Morgan fingerprint density at radius 3 is 2.72 bits per heavy atom. The molecule has 2 aliphatic heterocycles. The van der Waals surface area contributed by atoms with Crippen LogP contribution in [0.15, 0.2) is 42.5 Å². The van der Waals surface area contributed by atoms with Crippen molar-refractivity contribution in [3.63, 3.8) is 0 Å². The van der Waals surface area contributed by atoms with Gasteiger partial charge in [0.15, 0.2) is 0 Å². The fraction of sp³-hybridized carbons (Fsp3) is 0.458. The molecule has 2 aromatic rings. The summed E-state index contributed by atoms with van der Waals surface area (Å²) >= 11 is 0. The number of ether oxygens (including phenoxy) is 2. The maximum atomic E-state index is 13.6. The Balaban J connectivity index is 1.58. The van der Waals surface area contributed by atoms with E-state index in [1.165, 1.54) is 11.1 Å². The SMILES string of the molecule is COc1cccc2c1CN(CC(=O)N1c3ccccc3OCC1C(C)(C)C)CC2. The van der Waals surface area contributed by atoms with Crippen molar-refractivity contribution in [1.82, 2.24) is 4.90 Å². The third kappa shape index (κ3) is 3.84. The van der Waals surface area contributed by atoms with Crippen LogP contribution in [0.4, 0.5) is 5.69 Å². The highest BCUT2D eigenvalue weighted by molar-refractivity contribution is 5.97. The lowest BCUT2D eigenvalue weighted by molar-refractivity contribution is -0.121. The van der Waals surface area contributed by atoms with Crippen molar-refractivity contribution < 1.29 is 14.3 Å². The van der Waals surface area contributed by atoms with Crippen molar-refractivity contribution in [2.45, 2.75) is 39.8 Å². The summed E-state index contributed by atoms with van der Waals surface area (Å²) < 4.78 is 11.5. The van der Waals surface area contributed by atoms with Gasteiger partial charge in [-0.05, 0) is 35.6 Å². The van der Waals surface area contributed by atoms with E-state index in [1.54, 1.807) is 7.11 Å². The molecule has 1 unspecified atom stereocenters. The van der Waals surface area contributed by atoms with Gasteiger partial charge in [-0.3, -0.25) is 9.69 Å². The molecule has 5 heteroatoms. The highest BCUT2D eigenvalue weighted by atomic mass is 16.5. The maximum absolute atomic E-state index is 13.6. The van der Waals surface area contributed by atoms with Crippen LogP contribution >= 0.6 is 0 Å². The first-order valence-corrected chi connectivity index (χ1v) is 10.3. The monoisotopic (exact) mass is 394 g/mol. The van der Waals surface area contributed by atoms with Gasteiger partial charge in [0.25, 0.3) is 0 Å². The molecule has 29 heavy (non-hydrogen) atoms. The molecular weight excluding hydrogens is 364 g/mol. The highest BCUT2D eigenvalue weighted by Gasteiger charge is 2.39. The summed E-state index contributed by atoms with van der Waals surface area (Å²) in [7, 11) is 1.71. The molecule has 1 amide bonds. The molecule has 5 nitrogen and oxygen atoms in total. The second-order valence-electron chi connectivity index (χ2n) is 8.98. The topological polar surface area (TPSA) is 42.0 Å². The lowest BCUT2D eigenvalue weighted by Gasteiger charge is -2.44. The minimum atomic E-state index is -0.0824. The normalized spacial score (nSPS) is 19.2. The van der Waals surface area contributed by atoms with Crippen molar-refractivity contribution in [3.8, 4) is 11.5 Å². The van der Waals surface area contributed by atoms with Gasteiger partial charge in [-0.2, -0.15) is 0 Å². The predicted octanol–water partition coefficient (Wildman–Crippen LogP) is 3.89. The summed E-state index contributed by atoms with van der Waals surface area (Å²) in [6, 6.07) is 14.0. The largest absolute Gasteiger partial charge is 0.496 e. The number of para-hydroxylation sites is 2. The van der Waals surface area contributed by atoms with E-state index < -0.39 is 0 Å². The zero-order valence-electron chi connectivity index (χ0n) is 17.8. The number of carbonyl (C=O) groups excluding carboxylic acids is 1. The molecule has 2 aromatic carbocycles. The number of methoxy groups -OCH3 is 1. The van der Waals surface area contributed by atoms with E-state index in [2.05, 4.69) is 31.7 Å². The van der Waals surface area contributed by atoms with Gasteiger partial charge in [-0.1, -0.05) is 45.0 Å². The lowest BCUT2D eigenvalue weighted by atomic mass is 9.85. The number of amides is 1. The van der Waals surface area contributed by atoms with Crippen LogP contribution in [0.25, 0.3) is 0 Å². The van der Waals surface area contributed by atoms with Crippen molar-refractivity contribution >= 4 is 11.6 Å². The summed E-state index contributed by atoms with van der Waals surface area (Å²) in [5, 5.41) is 0. The Labute approximate surface area is 173 Å². The molecule has 2 aliphatic rings. The molecule has 0 radical (unpaired) electrons. The molecule has 1 atom stereocenters. The summed E-state index contributed by atoms with van der Waals surface area (Å²) in [6.45, 7) is 9.00. The number of rotatable bonds is 3. The fourth-order valence-corrected chi connectivity index (χ4v) is 4.33. The first-order valence-electron chi connectivity index (χ1n) is 10.3. The molecule has 2 heterocycles. The second-order valence-corrected chi connectivity index (χ2v) is 8.98. The summed E-state index contributed by atoms with van der Waals surface area (Å²) in [6.07, 6.45) is 0.933. The van der Waals surface area contributed by atoms with E-state index in [0.29, 0.717) is 13.2 Å². The van der Waals surface area contributed by atoms with Crippen LogP contribution in [-0.4, -0.2) is 43.7 Å². The van der Waals surface area contributed by atoms with E-state index >= 15 is 0 Å². The molecule has 154 valence electrons. The van der Waals surface area contributed by atoms with Gasteiger partial charge in [0.05, 0.1) is 25.4 Å². The van der Waals surface area contributed by atoms with Crippen LogP contribution in [0.1, 0.15) is 31.9 Å². The van der Waals surface area contributed by atoms with Gasteiger partial charge >= 0.3 is 0 Å². The Kier molecular flexibility index (Phi) is 5.26. The molecule has 0 saturated heterocycles. The Hall–Kier alpha value is -2.53. The third-order valence-electron chi connectivity index (χ3n) is 5.99. The van der Waals surface area contributed by atoms with E-state index in [9.17, 15) is 4.79 Å². The number of anilines is 1. The summed E-state index contributed by atoms with van der Waals surface area (Å²) in [4.78, 5) is 17.7. The van der Waals surface area contributed by atoms with Gasteiger partial charge in [-0.15, -0.1) is 0 Å². The standard InChI is InChI=1S/C24H30N2O3/c1-24(2,3)22-16-29-21-10-6-5-9-19(21)26(22)23(27)15-25-13-12-17-8-7-11-20(28-4)18(17)14-25/h5-11,22H,12-16H2,1-4H3. The second kappa shape index (κ2) is 7.71. The first kappa shape index (κ1) is 19.8. The number of hydrogen-bond donors (Lipinski definition) is 0. The van der Waals surface area contributed by atoms with Crippen molar-refractivity contribution in [2.75, 3.05) is 31.7 Å². The molecule has 0 N–H and O–H groups in total. The summed E-state index contributed by atoms with van der Waals surface area (Å²) in [5.74, 6) is 1.81. The van der Waals surface area contributed by atoms with Crippen molar-refractivity contribution in [2.24, 2.45) is 5.41 Å². The van der Waals surface area contributed by atoms with Crippen LogP contribution in [-0.2, 0) is 17.8 Å². The molecule has 0 bridgehead atoms. The average molecular weight is 395 g/mol. The van der Waals surface area contributed by atoms with Gasteiger partial charge in [0.1, 0.15) is 18.1 Å². The number of nitrogens with zero attached hydrogens (tertiary/aromatic N) is 2. The minimum Gasteiger partial charge on any atom is -0.496 e. The number of carbonyl (C=O) groups is 1. The van der Waals surface area contributed by atoms with E-state index in [4.69, 9.17) is 9.47 Å².